The van der Waals surface area contributed by atoms with Crippen molar-refractivity contribution in [3.8, 4) is 0 Å². The fraction of sp³-hybridized carbons (Fsp3) is 0.300. The van der Waals surface area contributed by atoms with Crippen LogP contribution in [-0.4, -0.2) is 34.7 Å². The van der Waals surface area contributed by atoms with Gasteiger partial charge in [-0.3, -0.25) is 9.59 Å². The predicted octanol–water partition coefficient (Wildman–Crippen LogP) is 3.76. The molecule has 0 aliphatic carbocycles. The van der Waals surface area contributed by atoms with Crippen molar-refractivity contribution in [1.82, 2.24) is 9.97 Å². The minimum atomic E-state index is -0.346. The van der Waals surface area contributed by atoms with Gasteiger partial charge in [0.05, 0.1) is 6.61 Å². The van der Waals surface area contributed by atoms with Crippen LogP contribution in [0.1, 0.15) is 34.3 Å². The molecule has 0 saturated heterocycles. The molecule has 29 heavy (non-hydrogen) atoms. The van der Waals surface area contributed by atoms with Gasteiger partial charge in [-0.05, 0) is 56.2 Å². The number of thioether (sulfide) groups is 1. The van der Waals surface area contributed by atoms with Crippen molar-refractivity contribution in [2.75, 3.05) is 18.2 Å². The van der Waals surface area contributed by atoms with Crippen LogP contribution in [0.3, 0.4) is 0 Å². The van der Waals surface area contributed by atoms with Crippen molar-refractivity contribution in [3.63, 3.8) is 0 Å². The van der Waals surface area contributed by atoms with Gasteiger partial charge in [-0.25, -0.2) is 9.78 Å². The summed E-state index contributed by atoms with van der Waals surface area (Å²) in [6.45, 7) is 3.86. The van der Waals surface area contributed by atoms with Crippen LogP contribution in [0.2, 0.25) is 0 Å². The molecule has 2 aromatic heterocycles. The summed E-state index contributed by atoms with van der Waals surface area (Å²) < 4.78 is 5.97. The Morgan fingerprint density at radius 3 is 2.79 bits per heavy atom. The van der Waals surface area contributed by atoms with E-state index in [9.17, 15) is 14.4 Å². The molecular formula is C20H21N3O4S2. The summed E-state index contributed by atoms with van der Waals surface area (Å²) in [6, 6.07) is 7.23. The van der Waals surface area contributed by atoms with E-state index in [0.717, 1.165) is 10.1 Å². The van der Waals surface area contributed by atoms with E-state index < -0.39 is 0 Å². The Labute approximate surface area is 175 Å². The third kappa shape index (κ3) is 5.04. The zero-order valence-corrected chi connectivity index (χ0v) is 18.0. The van der Waals surface area contributed by atoms with Crippen LogP contribution in [-0.2, 0) is 16.0 Å². The smallest absolute Gasteiger partial charge is 0.348 e. The molecule has 2 N–H and O–H groups in total. The van der Waals surface area contributed by atoms with Crippen molar-refractivity contribution in [2.24, 2.45) is 0 Å². The Bertz CT molecular complexity index is 1120. The van der Waals surface area contributed by atoms with Crippen LogP contribution >= 0.6 is 23.1 Å². The topological polar surface area (TPSA) is 101 Å². The van der Waals surface area contributed by atoms with Crippen molar-refractivity contribution in [2.45, 2.75) is 31.8 Å². The maximum atomic E-state index is 12.3. The number of esters is 1. The lowest BCUT2D eigenvalue weighted by Gasteiger charge is -2.07. The first kappa shape index (κ1) is 21.1. The molecule has 3 aromatic rings. The number of aromatic amines is 1. The SMILES string of the molecule is CCOC(=O)c1cc2cc(NC(=O)CCc3c(C)nc(SC)[nH]c3=O)ccc2s1. The van der Waals surface area contributed by atoms with Crippen LogP contribution in [0.4, 0.5) is 5.69 Å². The van der Waals surface area contributed by atoms with E-state index >= 15 is 0 Å². The standard InChI is InChI=1S/C20H21N3O4S2/c1-4-27-19(26)16-10-12-9-13(5-7-15(12)29-16)22-17(24)8-6-14-11(2)21-20(28-3)23-18(14)25/h5,7,9-10H,4,6,8H2,1-3H3,(H,22,24)(H,21,23,25). The summed E-state index contributed by atoms with van der Waals surface area (Å²) in [4.78, 5) is 43.9. The lowest BCUT2D eigenvalue weighted by Crippen LogP contribution is -2.20. The van der Waals surface area contributed by atoms with Crippen molar-refractivity contribution in [3.05, 3.63) is 50.8 Å². The molecule has 3 rings (SSSR count). The number of aryl methyl sites for hydroxylation is 1. The van der Waals surface area contributed by atoms with E-state index in [1.54, 1.807) is 26.0 Å². The first-order valence-electron chi connectivity index (χ1n) is 9.05. The van der Waals surface area contributed by atoms with Gasteiger partial charge in [-0.15, -0.1) is 11.3 Å². The summed E-state index contributed by atoms with van der Waals surface area (Å²) in [5.74, 6) is -0.543. The summed E-state index contributed by atoms with van der Waals surface area (Å²) >= 11 is 2.72. The third-order valence-electron chi connectivity index (χ3n) is 4.27. The second-order valence-corrected chi connectivity index (χ2v) is 8.15. The lowest BCUT2D eigenvalue weighted by molar-refractivity contribution is -0.116. The van der Waals surface area contributed by atoms with Crippen LogP contribution in [0.15, 0.2) is 34.2 Å². The number of fused-ring (bicyclic) bond motifs is 1. The fourth-order valence-corrected chi connectivity index (χ4v) is 4.22. The third-order valence-corrected chi connectivity index (χ3v) is 5.95. The molecule has 0 saturated carbocycles. The first-order chi connectivity index (χ1) is 13.9. The summed E-state index contributed by atoms with van der Waals surface area (Å²) in [5.41, 5.74) is 1.58. The Kier molecular flexibility index (Phi) is 6.71. The van der Waals surface area contributed by atoms with Gasteiger partial charge >= 0.3 is 5.97 Å². The summed E-state index contributed by atoms with van der Waals surface area (Å²) in [6.07, 6.45) is 2.31. The molecule has 1 aromatic carbocycles. The Morgan fingerprint density at radius 2 is 2.10 bits per heavy atom. The van der Waals surface area contributed by atoms with E-state index in [0.29, 0.717) is 40.0 Å². The number of carbonyl (C=O) groups excluding carboxylic acids is 2. The van der Waals surface area contributed by atoms with Gasteiger partial charge in [0, 0.05) is 28.1 Å². The van der Waals surface area contributed by atoms with Crippen LogP contribution in [0, 0.1) is 6.92 Å². The van der Waals surface area contributed by atoms with E-state index in [1.807, 2.05) is 18.4 Å². The lowest BCUT2D eigenvalue weighted by atomic mass is 10.1. The number of nitrogens with one attached hydrogen (secondary N) is 2. The molecule has 0 spiro atoms. The maximum Gasteiger partial charge on any atom is 0.348 e. The quantitative estimate of drug-likeness (QED) is 0.336. The summed E-state index contributed by atoms with van der Waals surface area (Å²) in [7, 11) is 0. The van der Waals surface area contributed by atoms with Crippen molar-refractivity contribution < 1.29 is 14.3 Å². The van der Waals surface area contributed by atoms with E-state index in [1.165, 1.54) is 23.1 Å². The Balaban J connectivity index is 1.67. The molecule has 9 heteroatoms. The summed E-state index contributed by atoms with van der Waals surface area (Å²) in [5, 5.41) is 4.27. The zero-order chi connectivity index (χ0) is 21.0. The highest BCUT2D eigenvalue weighted by molar-refractivity contribution is 7.98. The number of carbonyl (C=O) groups is 2. The van der Waals surface area contributed by atoms with E-state index in [2.05, 4.69) is 15.3 Å². The highest BCUT2D eigenvalue weighted by Crippen LogP contribution is 2.28. The Morgan fingerprint density at radius 1 is 1.31 bits per heavy atom. The molecule has 0 fully saturated rings. The average molecular weight is 432 g/mol. The molecule has 7 nitrogen and oxygen atoms in total. The molecule has 0 radical (unpaired) electrons. The molecule has 0 aliphatic heterocycles. The van der Waals surface area contributed by atoms with Crippen LogP contribution in [0.5, 0.6) is 0 Å². The van der Waals surface area contributed by atoms with Gasteiger partial charge in [-0.2, -0.15) is 0 Å². The number of nitrogens with zero attached hydrogens (tertiary/aromatic N) is 1. The van der Waals surface area contributed by atoms with E-state index in [-0.39, 0.29) is 23.9 Å². The minimum Gasteiger partial charge on any atom is -0.462 e. The second kappa shape index (κ2) is 9.23. The number of rotatable bonds is 7. The molecule has 0 atom stereocenters. The zero-order valence-electron chi connectivity index (χ0n) is 16.3. The number of hydrogen-bond donors (Lipinski definition) is 2. The fourth-order valence-electron chi connectivity index (χ4n) is 2.86. The van der Waals surface area contributed by atoms with Gasteiger partial charge in [0.15, 0.2) is 5.16 Å². The predicted molar refractivity (Wildman–Crippen MR) is 116 cm³/mol. The number of ether oxygens (including phenoxy) is 1. The van der Waals surface area contributed by atoms with Crippen LogP contribution < -0.4 is 10.9 Å². The van der Waals surface area contributed by atoms with E-state index in [4.69, 9.17) is 4.74 Å². The number of hydrogen-bond acceptors (Lipinski definition) is 7. The monoisotopic (exact) mass is 431 g/mol. The molecular weight excluding hydrogens is 410 g/mol. The second-order valence-electron chi connectivity index (χ2n) is 6.27. The van der Waals surface area contributed by atoms with Crippen molar-refractivity contribution in [1.29, 1.82) is 0 Å². The molecule has 2 heterocycles. The minimum absolute atomic E-state index is 0.167. The first-order valence-corrected chi connectivity index (χ1v) is 11.1. The molecule has 0 unspecified atom stereocenters. The van der Waals surface area contributed by atoms with Crippen LogP contribution in [0.25, 0.3) is 10.1 Å². The normalized spacial score (nSPS) is 10.9. The largest absolute Gasteiger partial charge is 0.462 e. The van der Waals surface area contributed by atoms with Crippen molar-refractivity contribution >= 4 is 50.7 Å². The molecule has 152 valence electrons. The maximum absolute atomic E-state index is 12.3. The molecule has 1 amide bonds. The highest BCUT2D eigenvalue weighted by atomic mass is 32.2. The molecule has 0 bridgehead atoms. The van der Waals surface area contributed by atoms with Gasteiger partial charge in [-0.1, -0.05) is 11.8 Å². The van der Waals surface area contributed by atoms with Gasteiger partial charge in [0.1, 0.15) is 4.88 Å². The number of aromatic nitrogens is 2. The number of benzene rings is 1. The number of thiophene rings is 1. The van der Waals surface area contributed by atoms with Gasteiger partial charge < -0.3 is 15.0 Å². The number of H-pyrrole nitrogens is 1. The van der Waals surface area contributed by atoms with Gasteiger partial charge in [0.25, 0.3) is 5.56 Å². The Hall–Kier alpha value is -2.65. The highest BCUT2D eigenvalue weighted by Gasteiger charge is 2.13. The van der Waals surface area contributed by atoms with Gasteiger partial charge in [0.2, 0.25) is 5.91 Å². The molecule has 0 aliphatic rings. The number of amides is 1. The number of anilines is 1. The average Bonchev–Trinajstić information content (AvgIpc) is 3.11.